The van der Waals surface area contributed by atoms with Crippen LogP contribution in [0.4, 0.5) is 0 Å². The largest absolute Gasteiger partial charge is 0.243 e. The van der Waals surface area contributed by atoms with Crippen molar-refractivity contribution in [3.8, 4) is 11.3 Å². The maximum atomic E-state index is 12.9. The molecule has 7 heteroatoms. The number of sulfonamides is 1. The highest BCUT2D eigenvalue weighted by Crippen LogP contribution is 2.28. The molecule has 0 saturated carbocycles. The van der Waals surface area contributed by atoms with Crippen LogP contribution in [0.15, 0.2) is 35.2 Å². The van der Waals surface area contributed by atoms with E-state index in [-0.39, 0.29) is 0 Å². The summed E-state index contributed by atoms with van der Waals surface area (Å²) in [7, 11) is -3.46. The third-order valence-corrected chi connectivity index (χ3v) is 6.24. The second kappa shape index (κ2) is 6.55. The third kappa shape index (κ3) is 3.24. The lowest BCUT2D eigenvalue weighted by molar-refractivity contribution is 0.476. The van der Waals surface area contributed by atoms with Gasteiger partial charge < -0.3 is 0 Å². The molecule has 1 aliphatic rings. The fourth-order valence-electron chi connectivity index (χ4n) is 2.78. The second-order valence-corrected chi connectivity index (χ2v) is 7.82. The molecule has 0 unspecified atom stereocenters. The van der Waals surface area contributed by atoms with Crippen molar-refractivity contribution in [1.82, 2.24) is 14.5 Å². The van der Waals surface area contributed by atoms with Crippen LogP contribution in [0.2, 0.25) is 5.15 Å². The lowest BCUT2D eigenvalue weighted by atomic mass is 10.1. The van der Waals surface area contributed by atoms with Crippen molar-refractivity contribution < 1.29 is 8.42 Å². The van der Waals surface area contributed by atoms with Gasteiger partial charge in [-0.15, -0.1) is 10.2 Å². The molecule has 5 nitrogen and oxygen atoms in total. The average molecular weight is 352 g/mol. The van der Waals surface area contributed by atoms with Crippen molar-refractivity contribution in [2.24, 2.45) is 0 Å². The number of hydrogen-bond donors (Lipinski definition) is 0. The minimum Gasteiger partial charge on any atom is -0.207 e. The highest BCUT2D eigenvalue weighted by atomic mass is 35.5. The lowest BCUT2D eigenvalue weighted by Crippen LogP contribution is -2.28. The van der Waals surface area contributed by atoms with E-state index in [0.29, 0.717) is 35.3 Å². The van der Waals surface area contributed by atoms with Crippen LogP contribution in [0.3, 0.4) is 0 Å². The number of rotatable bonds is 4. The first kappa shape index (κ1) is 16.4. The summed E-state index contributed by atoms with van der Waals surface area (Å²) in [5.41, 5.74) is 2.15. The molecular formula is C16H18ClN3O2S. The first-order valence-corrected chi connectivity index (χ1v) is 9.47. The van der Waals surface area contributed by atoms with E-state index >= 15 is 0 Å². The fourth-order valence-corrected chi connectivity index (χ4v) is 4.72. The molecule has 0 radical (unpaired) electrons. The van der Waals surface area contributed by atoms with Crippen molar-refractivity contribution in [2.75, 3.05) is 13.1 Å². The predicted octanol–water partition coefficient (Wildman–Crippen LogP) is 3.14. The molecule has 2 heterocycles. The molecule has 0 spiro atoms. The SMILES string of the molecule is CCc1ccc(-c2ccc(Cl)nn2)cc1S(=O)(=O)N1CCCC1. The molecule has 0 aliphatic carbocycles. The number of nitrogens with zero attached hydrogens (tertiary/aromatic N) is 3. The van der Waals surface area contributed by atoms with E-state index in [2.05, 4.69) is 10.2 Å². The van der Waals surface area contributed by atoms with Crippen LogP contribution in [0, 0.1) is 0 Å². The van der Waals surface area contributed by atoms with E-state index in [9.17, 15) is 8.42 Å². The van der Waals surface area contributed by atoms with Gasteiger partial charge in [-0.3, -0.25) is 0 Å². The minimum absolute atomic E-state index is 0.309. The monoisotopic (exact) mass is 351 g/mol. The molecule has 1 aliphatic heterocycles. The zero-order valence-electron chi connectivity index (χ0n) is 12.9. The molecule has 2 aromatic rings. The normalized spacial score (nSPS) is 15.9. The van der Waals surface area contributed by atoms with E-state index in [4.69, 9.17) is 11.6 Å². The van der Waals surface area contributed by atoms with E-state index < -0.39 is 10.0 Å². The Labute approximate surface area is 141 Å². The van der Waals surface area contributed by atoms with Crippen LogP contribution in [0.1, 0.15) is 25.3 Å². The smallest absolute Gasteiger partial charge is 0.207 e. The van der Waals surface area contributed by atoms with Gasteiger partial charge in [0.25, 0.3) is 0 Å². The molecule has 1 fully saturated rings. The predicted molar refractivity (Wildman–Crippen MR) is 89.8 cm³/mol. The molecule has 1 aromatic heterocycles. The van der Waals surface area contributed by atoms with Gasteiger partial charge in [-0.2, -0.15) is 4.31 Å². The molecule has 0 atom stereocenters. The highest BCUT2D eigenvalue weighted by molar-refractivity contribution is 7.89. The summed E-state index contributed by atoms with van der Waals surface area (Å²) in [5, 5.41) is 8.17. The van der Waals surface area contributed by atoms with Gasteiger partial charge in [0.05, 0.1) is 10.6 Å². The molecule has 0 amide bonds. The molecular weight excluding hydrogens is 334 g/mol. The summed E-state index contributed by atoms with van der Waals surface area (Å²) in [6.45, 7) is 3.15. The van der Waals surface area contributed by atoms with Crippen LogP contribution < -0.4 is 0 Å². The van der Waals surface area contributed by atoms with Crippen LogP contribution >= 0.6 is 11.6 Å². The van der Waals surface area contributed by atoms with Crippen LogP contribution in [-0.2, 0) is 16.4 Å². The first-order valence-electron chi connectivity index (χ1n) is 7.65. The first-order chi connectivity index (χ1) is 11.0. The Kier molecular flexibility index (Phi) is 4.66. The van der Waals surface area contributed by atoms with Crippen molar-refractivity contribution >= 4 is 21.6 Å². The van der Waals surface area contributed by atoms with Gasteiger partial charge in [-0.25, -0.2) is 8.42 Å². The van der Waals surface area contributed by atoms with Crippen molar-refractivity contribution in [3.63, 3.8) is 0 Å². The maximum Gasteiger partial charge on any atom is 0.243 e. The van der Waals surface area contributed by atoms with E-state index in [0.717, 1.165) is 24.0 Å². The van der Waals surface area contributed by atoms with Gasteiger partial charge in [-0.05, 0) is 43.0 Å². The van der Waals surface area contributed by atoms with Crippen LogP contribution in [0.5, 0.6) is 0 Å². The molecule has 0 N–H and O–H groups in total. The lowest BCUT2D eigenvalue weighted by Gasteiger charge is -2.18. The molecule has 1 aromatic carbocycles. The zero-order chi connectivity index (χ0) is 16.4. The van der Waals surface area contributed by atoms with Crippen LogP contribution in [0.25, 0.3) is 11.3 Å². The summed E-state index contributed by atoms with van der Waals surface area (Å²) >= 11 is 5.76. The topological polar surface area (TPSA) is 63.2 Å². The van der Waals surface area contributed by atoms with Gasteiger partial charge in [0.1, 0.15) is 0 Å². The average Bonchev–Trinajstić information content (AvgIpc) is 3.10. The van der Waals surface area contributed by atoms with Crippen molar-refractivity contribution in [3.05, 3.63) is 41.0 Å². The Hall–Kier alpha value is -1.50. The Bertz CT molecular complexity index is 801. The Balaban J connectivity index is 2.08. The van der Waals surface area contributed by atoms with Gasteiger partial charge in [-0.1, -0.05) is 30.7 Å². The summed E-state index contributed by atoms with van der Waals surface area (Å²) in [4.78, 5) is 0.371. The fraction of sp³-hybridized carbons (Fsp3) is 0.375. The third-order valence-electron chi connectivity index (χ3n) is 4.06. The summed E-state index contributed by atoms with van der Waals surface area (Å²) in [5.74, 6) is 0. The molecule has 3 rings (SSSR count). The van der Waals surface area contributed by atoms with Gasteiger partial charge >= 0.3 is 0 Å². The van der Waals surface area contributed by atoms with Gasteiger partial charge in [0.2, 0.25) is 10.0 Å². The standard InChI is InChI=1S/C16H18ClN3O2S/c1-2-12-5-6-13(14-7-8-16(17)19-18-14)11-15(12)23(21,22)20-9-3-4-10-20/h5-8,11H,2-4,9-10H2,1H3. The summed E-state index contributed by atoms with van der Waals surface area (Å²) < 4.78 is 27.4. The van der Waals surface area contributed by atoms with Gasteiger partial charge in [0, 0.05) is 18.7 Å². The van der Waals surface area contributed by atoms with E-state index in [1.165, 1.54) is 0 Å². The number of benzene rings is 1. The van der Waals surface area contributed by atoms with Crippen LogP contribution in [-0.4, -0.2) is 36.0 Å². The molecule has 0 bridgehead atoms. The Morgan fingerprint density at radius 3 is 2.48 bits per heavy atom. The Morgan fingerprint density at radius 1 is 1.13 bits per heavy atom. The highest BCUT2D eigenvalue weighted by Gasteiger charge is 2.29. The Morgan fingerprint density at radius 2 is 1.87 bits per heavy atom. The molecule has 23 heavy (non-hydrogen) atoms. The number of halogens is 1. The van der Waals surface area contributed by atoms with Crippen molar-refractivity contribution in [2.45, 2.75) is 31.1 Å². The number of hydrogen-bond acceptors (Lipinski definition) is 4. The van der Waals surface area contributed by atoms with Crippen molar-refractivity contribution in [1.29, 1.82) is 0 Å². The van der Waals surface area contributed by atoms with Gasteiger partial charge in [0.15, 0.2) is 5.15 Å². The summed E-state index contributed by atoms with van der Waals surface area (Å²) in [6.07, 6.45) is 2.50. The number of aromatic nitrogens is 2. The molecule has 1 saturated heterocycles. The van der Waals surface area contributed by atoms with E-state index in [1.807, 2.05) is 19.1 Å². The minimum atomic E-state index is -3.46. The summed E-state index contributed by atoms with van der Waals surface area (Å²) in [6, 6.07) is 8.81. The quantitative estimate of drug-likeness (QED) is 0.848. The maximum absolute atomic E-state index is 12.9. The second-order valence-electron chi connectivity index (χ2n) is 5.53. The van der Waals surface area contributed by atoms with E-state index in [1.54, 1.807) is 22.5 Å². The zero-order valence-corrected chi connectivity index (χ0v) is 14.4. The molecule has 122 valence electrons. The number of aryl methyl sites for hydroxylation is 1.